The van der Waals surface area contributed by atoms with Gasteiger partial charge in [0.25, 0.3) is 0 Å². The predicted octanol–water partition coefficient (Wildman–Crippen LogP) is 1.39. The van der Waals surface area contributed by atoms with E-state index in [9.17, 15) is 4.79 Å². The normalized spacial score (nSPS) is 15.4. The summed E-state index contributed by atoms with van der Waals surface area (Å²) in [4.78, 5) is 19.4. The molecule has 1 aromatic carbocycles. The van der Waals surface area contributed by atoms with Crippen LogP contribution in [0.3, 0.4) is 0 Å². The molecule has 0 bridgehead atoms. The number of carbonyl (C=O) groups excluding carboxylic acids is 1. The van der Waals surface area contributed by atoms with Gasteiger partial charge in [-0.15, -0.1) is 5.10 Å². The Balaban J connectivity index is 1.70. The van der Waals surface area contributed by atoms with Crippen molar-refractivity contribution in [2.45, 2.75) is 45.3 Å². The number of carbonyl (C=O) groups is 1. The number of hydrazine groups is 1. The predicted molar refractivity (Wildman–Crippen MR) is 138 cm³/mol. The van der Waals surface area contributed by atoms with Gasteiger partial charge in [0.2, 0.25) is 0 Å². The number of nitrogens with one attached hydrogen (secondary N) is 1. The molecule has 4 rings (SSSR count). The molecule has 3 heterocycles. The molecule has 0 unspecified atom stereocenters. The first kappa shape index (κ1) is 25.4. The van der Waals surface area contributed by atoms with Gasteiger partial charge in [-0.3, -0.25) is 4.90 Å². The Morgan fingerprint density at radius 3 is 2.78 bits per heavy atom. The molecule has 0 atom stereocenters. The molecule has 36 heavy (non-hydrogen) atoms. The molecule has 3 aromatic rings. The van der Waals surface area contributed by atoms with E-state index < -0.39 is 5.97 Å². The summed E-state index contributed by atoms with van der Waals surface area (Å²) in [5.41, 5.74) is 15.7. The minimum Gasteiger partial charge on any atom is -0.465 e. The molecular formula is C24H34N10O2. The number of ether oxygens (including phenoxy) is 1. The quantitative estimate of drug-likeness (QED) is 0.118. The minimum atomic E-state index is -0.419. The van der Waals surface area contributed by atoms with Crippen molar-refractivity contribution in [1.82, 2.24) is 24.6 Å². The highest BCUT2D eigenvalue weighted by molar-refractivity contribution is 5.98. The highest BCUT2D eigenvalue weighted by Gasteiger charge is 2.25. The van der Waals surface area contributed by atoms with Crippen molar-refractivity contribution in [1.29, 1.82) is 0 Å². The number of hydrogen-bond acceptors (Lipinski definition) is 10. The molecule has 1 fully saturated rings. The van der Waals surface area contributed by atoms with Crippen LogP contribution in [0.5, 0.6) is 0 Å². The monoisotopic (exact) mass is 494 g/mol. The lowest BCUT2D eigenvalue weighted by Crippen LogP contribution is -2.39. The summed E-state index contributed by atoms with van der Waals surface area (Å²) in [6, 6.07) is 7.70. The number of amidine groups is 1. The van der Waals surface area contributed by atoms with E-state index in [1.807, 2.05) is 38.1 Å². The van der Waals surface area contributed by atoms with Gasteiger partial charge in [0.1, 0.15) is 11.8 Å². The van der Waals surface area contributed by atoms with Gasteiger partial charge in [-0.05, 0) is 51.9 Å². The molecule has 0 spiro atoms. The van der Waals surface area contributed by atoms with Crippen molar-refractivity contribution >= 4 is 28.8 Å². The van der Waals surface area contributed by atoms with E-state index in [-0.39, 0.29) is 12.1 Å². The zero-order valence-electron chi connectivity index (χ0n) is 20.9. The molecule has 0 radical (unpaired) electrons. The highest BCUT2D eigenvalue weighted by atomic mass is 16.5. The lowest BCUT2D eigenvalue weighted by molar-refractivity contribution is 0.0598. The number of hydrogen-bond donors (Lipinski definition) is 4. The van der Waals surface area contributed by atoms with E-state index in [1.165, 1.54) is 18.6 Å². The third-order valence-corrected chi connectivity index (χ3v) is 6.27. The lowest BCUT2D eigenvalue weighted by atomic mass is 10.0. The smallest absolute Gasteiger partial charge is 0.339 e. The molecule has 1 aliphatic heterocycles. The Kier molecular flexibility index (Phi) is 7.67. The SMILES string of the molecule is COC(=O)c1cn2ncnc(Nc3cccc(/C(N)=N/N(N)C(C)C)c3)c2c1CN1CCC(N)CC1. The van der Waals surface area contributed by atoms with Gasteiger partial charge < -0.3 is 21.5 Å². The van der Waals surface area contributed by atoms with Gasteiger partial charge in [-0.25, -0.2) is 25.3 Å². The Hall–Kier alpha value is -3.74. The topological polar surface area (TPSA) is 165 Å². The average molecular weight is 495 g/mol. The summed E-state index contributed by atoms with van der Waals surface area (Å²) in [7, 11) is 1.37. The van der Waals surface area contributed by atoms with Crippen molar-refractivity contribution in [3.05, 3.63) is 53.5 Å². The second-order valence-electron chi connectivity index (χ2n) is 9.19. The van der Waals surface area contributed by atoms with Gasteiger partial charge in [0, 0.05) is 35.6 Å². The van der Waals surface area contributed by atoms with Crippen LogP contribution in [0.15, 0.2) is 41.9 Å². The first-order valence-electron chi connectivity index (χ1n) is 11.9. The molecule has 7 N–H and O–H groups in total. The molecule has 0 aliphatic carbocycles. The molecule has 192 valence electrons. The second kappa shape index (κ2) is 10.9. The maximum Gasteiger partial charge on any atom is 0.339 e. The summed E-state index contributed by atoms with van der Waals surface area (Å²) < 4.78 is 6.71. The number of likely N-dealkylation sites (tertiary alicyclic amines) is 1. The van der Waals surface area contributed by atoms with Crippen molar-refractivity contribution in [2.24, 2.45) is 22.4 Å². The molecule has 12 nitrogen and oxygen atoms in total. The van der Waals surface area contributed by atoms with Crippen LogP contribution in [-0.2, 0) is 11.3 Å². The number of nitrogens with zero attached hydrogens (tertiary/aromatic N) is 6. The van der Waals surface area contributed by atoms with Gasteiger partial charge >= 0.3 is 5.97 Å². The standard InChI is InChI=1S/C24H34N10O2/c1-15(2)34(27)31-22(26)16-5-4-6-18(11-16)30-23-21-19(12-32-9-7-17(25)8-10-32)20(24(35)36-3)13-33(21)29-14-28-23/h4-6,11,13-15,17H,7-10,12,25,27H2,1-3H3,(H2,26,31)(H,28,29,30). The summed E-state index contributed by atoms with van der Waals surface area (Å²) in [5.74, 6) is 6.33. The third kappa shape index (κ3) is 5.56. The van der Waals surface area contributed by atoms with Crippen molar-refractivity contribution < 1.29 is 9.53 Å². The Morgan fingerprint density at radius 2 is 2.08 bits per heavy atom. The number of hydrazone groups is 1. The van der Waals surface area contributed by atoms with Crippen LogP contribution in [0.25, 0.3) is 5.52 Å². The van der Waals surface area contributed by atoms with E-state index in [0.717, 1.165) is 37.2 Å². The number of anilines is 2. The van der Waals surface area contributed by atoms with E-state index >= 15 is 0 Å². The first-order chi connectivity index (χ1) is 17.3. The summed E-state index contributed by atoms with van der Waals surface area (Å²) in [6.07, 6.45) is 4.94. The number of nitrogens with two attached hydrogens (primary N) is 3. The fraction of sp³-hybridized carbons (Fsp3) is 0.417. The average Bonchev–Trinajstić information content (AvgIpc) is 3.24. The van der Waals surface area contributed by atoms with Crippen molar-refractivity contribution in [3.63, 3.8) is 0 Å². The third-order valence-electron chi connectivity index (χ3n) is 6.27. The lowest BCUT2D eigenvalue weighted by Gasteiger charge is -2.30. The molecule has 0 saturated carbocycles. The molecule has 0 amide bonds. The number of aromatic nitrogens is 3. The van der Waals surface area contributed by atoms with E-state index in [4.69, 9.17) is 22.0 Å². The fourth-order valence-electron chi connectivity index (χ4n) is 4.14. The van der Waals surface area contributed by atoms with Gasteiger partial charge in [0.05, 0.1) is 18.7 Å². The van der Waals surface area contributed by atoms with E-state index in [2.05, 4.69) is 25.4 Å². The number of esters is 1. The minimum absolute atomic E-state index is 0.00611. The molecular weight excluding hydrogens is 460 g/mol. The van der Waals surface area contributed by atoms with E-state index in [1.54, 1.807) is 10.7 Å². The first-order valence-corrected chi connectivity index (χ1v) is 11.9. The van der Waals surface area contributed by atoms with Crippen LogP contribution in [0, 0.1) is 0 Å². The second-order valence-corrected chi connectivity index (χ2v) is 9.19. The number of methoxy groups -OCH3 is 1. The maximum absolute atomic E-state index is 12.6. The van der Waals surface area contributed by atoms with Crippen LogP contribution in [0.1, 0.15) is 48.2 Å². The zero-order chi connectivity index (χ0) is 25.8. The van der Waals surface area contributed by atoms with Crippen LogP contribution < -0.4 is 22.6 Å². The molecule has 12 heteroatoms. The van der Waals surface area contributed by atoms with Crippen LogP contribution in [0.2, 0.25) is 0 Å². The van der Waals surface area contributed by atoms with E-state index in [0.29, 0.717) is 34.8 Å². The Labute approximate surface area is 210 Å². The molecule has 1 aliphatic rings. The van der Waals surface area contributed by atoms with Crippen LogP contribution in [0.4, 0.5) is 11.5 Å². The number of benzene rings is 1. The molecule has 2 aromatic heterocycles. The number of piperidine rings is 1. The van der Waals surface area contributed by atoms with Gasteiger partial charge in [-0.1, -0.05) is 12.1 Å². The van der Waals surface area contributed by atoms with Crippen molar-refractivity contribution in [3.8, 4) is 0 Å². The van der Waals surface area contributed by atoms with Gasteiger partial charge in [0.15, 0.2) is 11.7 Å². The van der Waals surface area contributed by atoms with Crippen LogP contribution in [-0.4, -0.2) is 68.7 Å². The largest absolute Gasteiger partial charge is 0.465 e. The highest BCUT2D eigenvalue weighted by Crippen LogP contribution is 2.29. The number of fused-ring (bicyclic) bond motifs is 1. The Morgan fingerprint density at radius 1 is 1.33 bits per heavy atom. The van der Waals surface area contributed by atoms with Gasteiger partial charge in [-0.2, -0.15) is 5.10 Å². The Bertz CT molecular complexity index is 1250. The summed E-state index contributed by atoms with van der Waals surface area (Å²) in [5, 5.41) is 13.3. The summed E-state index contributed by atoms with van der Waals surface area (Å²) in [6.45, 7) is 6.10. The molecule has 1 saturated heterocycles. The zero-order valence-corrected chi connectivity index (χ0v) is 20.9. The fourth-order valence-corrected chi connectivity index (χ4v) is 4.14. The summed E-state index contributed by atoms with van der Waals surface area (Å²) >= 11 is 0. The maximum atomic E-state index is 12.6. The number of rotatable bonds is 8. The van der Waals surface area contributed by atoms with Crippen LogP contribution >= 0.6 is 0 Å². The van der Waals surface area contributed by atoms with Crippen molar-refractivity contribution in [2.75, 3.05) is 25.5 Å².